The van der Waals surface area contributed by atoms with E-state index in [1.54, 1.807) is 16.9 Å². The summed E-state index contributed by atoms with van der Waals surface area (Å²) >= 11 is 0. The highest BCUT2D eigenvalue weighted by molar-refractivity contribution is 6.06. The van der Waals surface area contributed by atoms with Gasteiger partial charge in [0, 0.05) is 11.6 Å². The predicted molar refractivity (Wildman–Crippen MR) is 106 cm³/mol. The van der Waals surface area contributed by atoms with Gasteiger partial charge in [0.15, 0.2) is 17.1 Å². The van der Waals surface area contributed by atoms with Crippen molar-refractivity contribution in [1.29, 1.82) is 0 Å². The average molecular weight is 376 g/mol. The van der Waals surface area contributed by atoms with Crippen LogP contribution in [0.3, 0.4) is 0 Å². The van der Waals surface area contributed by atoms with Crippen LogP contribution in [0.25, 0.3) is 22.3 Å². The van der Waals surface area contributed by atoms with Gasteiger partial charge in [-0.15, -0.1) is 6.42 Å². The summed E-state index contributed by atoms with van der Waals surface area (Å²) < 4.78 is 13.1. The minimum absolute atomic E-state index is 0.0992. The Hall–Kier alpha value is -3.53. The zero-order valence-corrected chi connectivity index (χ0v) is 15.7. The van der Waals surface area contributed by atoms with Crippen molar-refractivity contribution in [2.45, 2.75) is 19.9 Å². The van der Waals surface area contributed by atoms with E-state index in [2.05, 4.69) is 16.3 Å². The Morgan fingerprint density at radius 3 is 2.82 bits per heavy atom. The molecule has 2 aromatic heterocycles. The van der Waals surface area contributed by atoms with Gasteiger partial charge in [-0.25, -0.2) is 9.67 Å². The van der Waals surface area contributed by atoms with Crippen molar-refractivity contribution in [2.24, 2.45) is 0 Å². The zero-order valence-electron chi connectivity index (χ0n) is 15.7. The zero-order chi connectivity index (χ0) is 19.7. The van der Waals surface area contributed by atoms with E-state index in [9.17, 15) is 4.79 Å². The van der Waals surface area contributed by atoms with Crippen molar-refractivity contribution >= 4 is 16.9 Å². The SMILES string of the molecule is C#CCNC(=O)c1cc(-c2ccc3c(c2)OCCO3)nc2c1cnn2C(C)C. The summed E-state index contributed by atoms with van der Waals surface area (Å²) in [6.07, 6.45) is 6.95. The van der Waals surface area contributed by atoms with Crippen molar-refractivity contribution in [3.63, 3.8) is 0 Å². The molecule has 142 valence electrons. The molecule has 0 fully saturated rings. The summed E-state index contributed by atoms with van der Waals surface area (Å²) in [5.74, 6) is 3.54. The van der Waals surface area contributed by atoms with E-state index in [1.807, 2.05) is 32.0 Å². The van der Waals surface area contributed by atoms with E-state index < -0.39 is 0 Å². The van der Waals surface area contributed by atoms with Gasteiger partial charge in [0.05, 0.1) is 29.4 Å². The van der Waals surface area contributed by atoms with Crippen LogP contribution in [0, 0.1) is 12.3 Å². The summed E-state index contributed by atoms with van der Waals surface area (Å²) in [5.41, 5.74) is 2.61. The molecule has 0 saturated heterocycles. The number of ether oxygens (including phenoxy) is 2. The lowest BCUT2D eigenvalue weighted by Gasteiger charge is -2.19. The lowest BCUT2D eigenvalue weighted by Crippen LogP contribution is -2.24. The molecule has 3 heterocycles. The normalized spacial score (nSPS) is 12.8. The van der Waals surface area contributed by atoms with Crippen LogP contribution in [-0.4, -0.2) is 40.4 Å². The monoisotopic (exact) mass is 376 g/mol. The molecule has 0 aliphatic carbocycles. The number of benzene rings is 1. The average Bonchev–Trinajstić information content (AvgIpc) is 3.15. The van der Waals surface area contributed by atoms with Crippen molar-refractivity contribution in [2.75, 3.05) is 19.8 Å². The lowest BCUT2D eigenvalue weighted by molar-refractivity contribution is 0.0960. The summed E-state index contributed by atoms with van der Waals surface area (Å²) in [5, 5.41) is 7.82. The molecule has 0 unspecified atom stereocenters. The Morgan fingerprint density at radius 2 is 2.07 bits per heavy atom. The first-order valence-corrected chi connectivity index (χ1v) is 9.08. The summed E-state index contributed by atoms with van der Waals surface area (Å²) in [7, 11) is 0. The quantitative estimate of drug-likeness (QED) is 0.709. The van der Waals surface area contributed by atoms with Gasteiger partial charge in [-0.05, 0) is 38.1 Å². The molecule has 1 aliphatic heterocycles. The Morgan fingerprint density at radius 1 is 1.29 bits per heavy atom. The van der Waals surface area contributed by atoms with E-state index in [4.69, 9.17) is 20.9 Å². The van der Waals surface area contributed by atoms with Crippen LogP contribution in [0.2, 0.25) is 0 Å². The maximum Gasteiger partial charge on any atom is 0.252 e. The van der Waals surface area contributed by atoms with Crippen LogP contribution >= 0.6 is 0 Å². The van der Waals surface area contributed by atoms with Gasteiger partial charge in [-0.2, -0.15) is 5.10 Å². The van der Waals surface area contributed by atoms with Gasteiger partial charge in [0.25, 0.3) is 5.91 Å². The number of nitrogens with zero attached hydrogens (tertiary/aromatic N) is 3. The van der Waals surface area contributed by atoms with Crippen LogP contribution in [0.5, 0.6) is 11.5 Å². The van der Waals surface area contributed by atoms with Crippen molar-refractivity contribution in [3.05, 3.63) is 36.0 Å². The van der Waals surface area contributed by atoms with Gasteiger partial charge < -0.3 is 14.8 Å². The third-order valence-electron chi connectivity index (χ3n) is 4.49. The fourth-order valence-corrected chi connectivity index (χ4v) is 3.16. The van der Waals surface area contributed by atoms with E-state index in [1.165, 1.54) is 0 Å². The smallest absolute Gasteiger partial charge is 0.252 e. The number of aromatic nitrogens is 3. The van der Waals surface area contributed by atoms with E-state index in [0.29, 0.717) is 47.0 Å². The third kappa shape index (κ3) is 3.14. The molecule has 0 spiro atoms. The summed E-state index contributed by atoms with van der Waals surface area (Å²) in [4.78, 5) is 17.5. The molecule has 0 saturated carbocycles. The maximum atomic E-state index is 12.7. The largest absolute Gasteiger partial charge is 0.486 e. The molecule has 0 atom stereocenters. The van der Waals surface area contributed by atoms with E-state index in [0.717, 1.165) is 5.56 Å². The molecule has 1 N–H and O–H groups in total. The van der Waals surface area contributed by atoms with Gasteiger partial charge in [0.1, 0.15) is 13.2 Å². The second-order valence-electron chi connectivity index (χ2n) is 6.72. The van der Waals surface area contributed by atoms with Crippen LogP contribution < -0.4 is 14.8 Å². The Bertz CT molecular complexity index is 1090. The minimum Gasteiger partial charge on any atom is -0.486 e. The number of pyridine rings is 1. The van der Waals surface area contributed by atoms with Gasteiger partial charge in [0.2, 0.25) is 0 Å². The summed E-state index contributed by atoms with van der Waals surface area (Å²) in [6.45, 7) is 5.22. The van der Waals surface area contributed by atoms with E-state index in [-0.39, 0.29) is 18.5 Å². The molecule has 3 aromatic rings. The maximum absolute atomic E-state index is 12.7. The second kappa shape index (κ2) is 7.24. The Kier molecular flexibility index (Phi) is 4.62. The number of terminal acetylenes is 1. The van der Waals surface area contributed by atoms with Crippen molar-refractivity contribution < 1.29 is 14.3 Å². The molecule has 0 bridgehead atoms. The molecule has 1 amide bonds. The molecule has 7 nitrogen and oxygen atoms in total. The highest BCUT2D eigenvalue weighted by Crippen LogP contribution is 2.35. The van der Waals surface area contributed by atoms with Crippen LogP contribution in [0.4, 0.5) is 0 Å². The predicted octanol–water partition coefficient (Wildman–Crippen LogP) is 2.81. The highest BCUT2D eigenvalue weighted by Gasteiger charge is 2.19. The topological polar surface area (TPSA) is 78.3 Å². The Balaban J connectivity index is 1.87. The number of carbonyl (C=O) groups is 1. The molecule has 0 radical (unpaired) electrons. The number of fused-ring (bicyclic) bond motifs is 2. The number of hydrogen-bond donors (Lipinski definition) is 1. The molecule has 1 aliphatic rings. The van der Waals surface area contributed by atoms with Gasteiger partial charge in [-0.3, -0.25) is 4.79 Å². The highest BCUT2D eigenvalue weighted by atomic mass is 16.6. The lowest BCUT2D eigenvalue weighted by atomic mass is 10.1. The van der Waals surface area contributed by atoms with Crippen LogP contribution in [-0.2, 0) is 0 Å². The summed E-state index contributed by atoms with van der Waals surface area (Å²) in [6, 6.07) is 7.49. The van der Waals surface area contributed by atoms with Crippen LogP contribution in [0.15, 0.2) is 30.5 Å². The first-order chi connectivity index (χ1) is 13.6. The van der Waals surface area contributed by atoms with Gasteiger partial charge in [-0.1, -0.05) is 5.92 Å². The van der Waals surface area contributed by atoms with Crippen molar-refractivity contribution in [3.8, 4) is 35.1 Å². The third-order valence-corrected chi connectivity index (χ3v) is 4.49. The standard InChI is InChI=1S/C21H20N4O3/c1-4-7-22-21(26)15-11-17(24-20-16(15)12-23-25(20)13(2)3)14-5-6-18-19(10-14)28-9-8-27-18/h1,5-6,10-13H,7-9H2,2-3H3,(H,22,26). The molecule has 1 aromatic carbocycles. The van der Waals surface area contributed by atoms with Gasteiger partial charge >= 0.3 is 0 Å². The molecule has 7 heteroatoms. The second-order valence-corrected chi connectivity index (χ2v) is 6.72. The van der Waals surface area contributed by atoms with Crippen molar-refractivity contribution in [1.82, 2.24) is 20.1 Å². The van der Waals surface area contributed by atoms with Crippen LogP contribution in [0.1, 0.15) is 30.2 Å². The van der Waals surface area contributed by atoms with E-state index >= 15 is 0 Å². The number of carbonyl (C=O) groups excluding carboxylic acids is 1. The molecular formula is C21H20N4O3. The Labute approximate surface area is 162 Å². The first kappa shape index (κ1) is 17.9. The number of rotatable bonds is 4. The number of nitrogens with one attached hydrogen (secondary N) is 1. The molecule has 28 heavy (non-hydrogen) atoms. The number of amides is 1. The fraction of sp³-hybridized carbons (Fsp3) is 0.286. The molecular weight excluding hydrogens is 356 g/mol. The minimum atomic E-state index is -0.257. The fourth-order valence-electron chi connectivity index (χ4n) is 3.16. The first-order valence-electron chi connectivity index (χ1n) is 9.08. The number of hydrogen-bond acceptors (Lipinski definition) is 5. The molecule has 4 rings (SSSR count).